The van der Waals surface area contributed by atoms with E-state index >= 15 is 0 Å². The molecule has 0 N–H and O–H groups in total. The molecule has 1 aromatic carbocycles. The normalized spacial score (nSPS) is 25.1. The molecule has 132 valence electrons. The number of esters is 1. The number of Topliss-reactive ketones (excluding diaryl/α,β-unsaturated/α-hetero) is 1. The van der Waals surface area contributed by atoms with Crippen molar-refractivity contribution in [1.82, 2.24) is 0 Å². The number of ketones is 1. The average Bonchev–Trinajstić information content (AvgIpc) is 2.83. The highest BCUT2D eigenvalue weighted by Crippen LogP contribution is 2.38. The van der Waals surface area contributed by atoms with Gasteiger partial charge in [0, 0.05) is 16.7 Å². The molecular weight excluding hydrogens is 336 g/mol. The summed E-state index contributed by atoms with van der Waals surface area (Å²) in [6, 6.07) is 6.66. The monoisotopic (exact) mass is 358 g/mol. The fourth-order valence-electron chi connectivity index (χ4n) is 3.20. The van der Waals surface area contributed by atoms with Gasteiger partial charge in [-0.1, -0.05) is 24.6 Å². The molecule has 0 spiro atoms. The molecular formula is C20H22O4S. The van der Waals surface area contributed by atoms with Crippen molar-refractivity contribution < 1.29 is 18.5 Å². The van der Waals surface area contributed by atoms with Gasteiger partial charge in [-0.2, -0.15) is 0 Å². The second kappa shape index (κ2) is 6.30. The van der Waals surface area contributed by atoms with Crippen LogP contribution < -0.4 is 0 Å². The van der Waals surface area contributed by atoms with Crippen LogP contribution in [0.3, 0.4) is 0 Å². The summed E-state index contributed by atoms with van der Waals surface area (Å²) in [6.07, 6.45) is 3.85. The summed E-state index contributed by atoms with van der Waals surface area (Å²) in [5, 5.41) is 0. The first kappa shape index (κ1) is 17.7. The summed E-state index contributed by atoms with van der Waals surface area (Å²) in [5.74, 6) is 3.56. The highest BCUT2D eigenvalue weighted by Gasteiger charge is 2.37. The summed E-state index contributed by atoms with van der Waals surface area (Å²) in [6.45, 7) is 4.12. The van der Waals surface area contributed by atoms with Crippen molar-refractivity contribution in [3.63, 3.8) is 0 Å². The van der Waals surface area contributed by atoms with Crippen LogP contribution in [0.5, 0.6) is 0 Å². The Hall–Kier alpha value is -2.14. The lowest BCUT2D eigenvalue weighted by atomic mass is 9.83. The molecule has 0 bridgehead atoms. The minimum atomic E-state index is -2.30. The van der Waals surface area contributed by atoms with E-state index in [1.54, 1.807) is 30.5 Å². The van der Waals surface area contributed by atoms with Crippen LogP contribution in [0.15, 0.2) is 52.0 Å². The number of hydrogen-bond acceptors (Lipinski definition) is 4. The van der Waals surface area contributed by atoms with Crippen molar-refractivity contribution in [3.05, 3.63) is 52.6 Å². The molecule has 4 nitrogen and oxygen atoms in total. The molecule has 0 saturated heterocycles. The van der Waals surface area contributed by atoms with E-state index in [4.69, 9.17) is 4.74 Å². The Labute approximate surface area is 148 Å². The van der Waals surface area contributed by atoms with E-state index in [-0.39, 0.29) is 18.2 Å². The van der Waals surface area contributed by atoms with E-state index in [1.807, 2.05) is 13.0 Å². The van der Waals surface area contributed by atoms with E-state index in [9.17, 15) is 13.8 Å². The first-order chi connectivity index (χ1) is 11.7. The zero-order valence-electron chi connectivity index (χ0n) is 14.7. The molecule has 1 heterocycles. The summed E-state index contributed by atoms with van der Waals surface area (Å²) < 4.78 is 17.4. The highest BCUT2D eigenvalue weighted by molar-refractivity contribution is 7.99. The molecule has 0 saturated carbocycles. The molecule has 0 amide bonds. The van der Waals surface area contributed by atoms with E-state index in [0.717, 1.165) is 17.6 Å². The standard InChI is InChI=1S/C20H22O4S/c1-12-9-16-17(10-13(12)2)20(22)24-19(16)11-18(21)14-5-7-15(8-6-14)25(3,4)23/h5-8,10,12,19H,3,9,11H2,1-2,4H3/t12-,19?,25?/m1/s1. The Kier molecular flexibility index (Phi) is 4.45. The topological polar surface area (TPSA) is 60.4 Å². The Morgan fingerprint density at radius 2 is 1.96 bits per heavy atom. The van der Waals surface area contributed by atoms with Crippen LogP contribution in [0.1, 0.15) is 37.0 Å². The molecule has 5 heteroatoms. The second-order valence-electron chi connectivity index (χ2n) is 6.98. The zero-order valence-corrected chi connectivity index (χ0v) is 15.5. The number of carbonyl (C=O) groups is 2. The van der Waals surface area contributed by atoms with E-state index in [1.165, 1.54) is 0 Å². The van der Waals surface area contributed by atoms with Crippen molar-refractivity contribution in [3.8, 4) is 0 Å². The summed E-state index contributed by atoms with van der Waals surface area (Å²) in [7, 11) is -2.30. The first-order valence-electron chi connectivity index (χ1n) is 8.24. The van der Waals surface area contributed by atoms with Gasteiger partial charge >= 0.3 is 5.97 Å². The van der Waals surface area contributed by atoms with Gasteiger partial charge in [-0.05, 0) is 58.4 Å². The molecule has 3 atom stereocenters. The number of rotatable bonds is 4. The largest absolute Gasteiger partial charge is 0.454 e. The smallest absolute Gasteiger partial charge is 0.338 e. The molecule has 25 heavy (non-hydrogen) atoms. The van der Waals surface area contributed by atoms with Crippen LogP contribution >= 0.6 is 0 Å². The van der Waals surface area contributed by atoms with Gasteiger partial charge in [0.05, 0.1) is 12.0 Å². The summed E-state index contributed by atoms with van der Waals surface area (Å²) >= 11 is 0. The SMILES string of the molecule is C=S(C)(=O)c1ccc(C(=O)CC2OC(=O)C3=C2C[C@@H](C)C(C)=C3)cc1. The van der Waals surface area contributed by atoms with Crippen LogP contribution in [-0.4, -0.2) is 34.2 Å². The zero-order chi connectivity index (χ0) is 18.4. The average molecular weight is 358 g/mol. The molecule has 2 aliphatic rings. The van der Waals surface area contributed by atoms with Gasteiger partial charge in [0.1, 0.15) is 6.10 Å². The van der Waals surface area contributed by atoms with Crippen molar-refractivity contribution in [2.24, 2.45) is 5.92 Å². The van der Waals surface area contributed by atoms with Gasteiger partial charge in [-0.15, -0.1) is 0 Å². The van der Waals surface area contributed by atoms with E-state index < -0.39 is 15.6 Å². The van der Waals surface area contributed by atoms with Crippen LogP contribution in [0.25, 0.3) is 0 Å². The van der Waals surface area contributed by atoms with Gasteiger partial charge in [0.15, 0.2) is 5.78 Å². The summed E-state index contributed by atoms with van der Waals surface area (Å²) in [5.41, 5.74) is 3.23. The fraction of sp³-hybridized carbons (Fsp3) is 0.350. The number of hydrogen-bond donors (Lipinski definition) is 0. The molecule has 1 aromatic rings. The van der Waals surface area contributed by atoms with E-state index in [0.29, 0.717) is 21.9 Å². The van der Waals surface area contributed by atoms with Crippen LogP contribution in [0, 0.1) is 5.92 Å². The number of benzene rings is 1. The predicted octanol–water partition coefficient (Wildman–Crippen LogP) is 3.17. The fourth-order valence-corrected chi connectivity index (χ4v) is 3.91. The first-order valence-corrected chi connectivity index (χ1v) is 10.4. The van der Waals surface area contributed by atoms with Crippen LogP contribution in [0.2, 0.25) is 0 Å². The van der Waals surface area contributed by atoms with Gasteiger partial charge < -0.3 is 4.74 Å². The maximum absolute atomic E-state index is 12.6. The van der Waals surface area contributed by atoms with Gasteiger partial charge in [-0.25, -0.2) is 4.79 Å². The molecule has 1 aliphatic heterocycles. The van der Waals surface area contributed by atoms with Crippen LogP contribution in [0.4, 0.5) is 0 Å². The lowest BCUT2D eigenvalue weighted by molar-refractivity contribution is -0.139. The predicted molar refractivity (Wildman–Crippen MR) is 99.3 cm³/mol. The molecule has 2 unspecified atom stereocenters. The molecule has 0 fully saturated rings. The maximum Gasteiger partial charge on any atom is 0.338 e. The summed E-state index contributed by atoms with van der Waals surface area (Å²) in [4.78, 5) is 25.3. The molecule has 0 radical (unpaired) electrons. The Bertz CT molecular complexity index is 902. The third-order valence-electron chi connectivity index (χ3n) is 4.92. The lowest BCUT2D eigenvalue weighted by Crippen LogP contribution is -2.19. The quantitative estimate of drug-likeness (QED) is 0.471. The third-order valence-corrected chi connectivity index (χ3v) is 6.19. The van der Waals surface area contributed by atoms with Gasteiger partial charge in [0.25, 0.3) is 0 Å². The van der Waals surface area contributed by atoms with Gasteiger partial charge in [-0.3, -0.25) is 9.00 Å². The van der Waals surface area contributed by atoms with Crippen molar-refractivity contribution >= 4 is 27.1 Å². The molecule has 0 aromatic heterocycles. The van der Waals surface area contributed by atoms with Crippen molar-refractivity contribution in [2.45, 2.75) is 37.7 Å². The highest BCUT2D eigenvalue weighted by atomic mass is 32.2. The molecule has 1 aliphatic carbocycles. The number of allylic oxidation sites excluding steroid dienone is 1. The van der Waals surface area contributed by atoms with Crippen molar-refractivity contribution in [2.75, 3.05) is 6.26 Å². The minimum Gasteiger partial charge on any atom is -0.454 e. The van der Waals surface area contributed by atoms with Crippen molar-refractivity contribution in [1.29, 1.82) is 0 Å². The number of carbonyl (C=O) groups excluding carboxylic acids is 2. The van der Waals surface area contributed by atoms with Gasteiger partial charge in [0.2, 0.25) is 0 Å². The maximum atomic E-state index is 12.6. The number of cyclic esters (lactones) is 1. The van der Waals surface area contributed by atoms with Crippen LogP contribution in [-0.2, 0) is 19.1 Å². The third kappa shape index (κ3) is 3.47. The Morgan fingerprint density at radius 3 is 2.56 bits per heavy atom. The number of ether oxygens (including phenoxy) is 1. The van der Waals surface area contributed by atoms with E-state index in [2.05, 4.69) is 12.8 Å². The second-order valence-corrected chi connectivity index (χ2v) is 9.46. The minimum absolute atomic E-state index is 0.0938. The Morgan fingerprint density at radius 1 is 1.32 bits per heavy atom. The molecule has 3 rings (SSSR count). The Balaban J connectivity index is 1.79. The lowest BCUT2D eigenvalue weighted by Gasteiger charge is -2.21.